The highest BCUT2D eigenvalue weighted by Gasteiger charge is 2.27. The predicted octanol–water partition coefficient (Wildman–Crippen LogP) is 5.75. The third kappa shape index (κ3) is 4.84. The fourth-order valence-corrected chi connectivity index (χ4v) is 4.55. The molecule has 0 radical (unpaired) electrons. The zero-order chi connectivity index (χ0) is 20.9. The highest BCUT2D eigenvalue weighted by molar-refractivity contribution is 7.80. The summed E-state index contributed by atoms with van der Waals surface area (Å²) in [5.74, 6) is 0. The molecule has 0 unspecified atom stereocenters. The number of benzene rings is 3. The molecule has 0 amide bonds. The Morgan fingerprint density at radius 1 is 0.867 bits per heavy atom. The van der Waals surface area contributed by atoms with E-state index >= 15 is 0 Å². The van der Waals surface area contributed by atoms with Crippen molar-refractivity contribution in [1.82, 2.24) is 9.80 Å². The predicted molar refractivity (Wildman–Crippen MR) is 130 cm³/mol. The lowest BCUT2D eigenvalue weighted by atomic mass is 9.96. The topological polar surface area (TPSA) is 18.5 Å². The molecule has 4 rings (SSSR count). The molecule has 0 aromatic heterocycles. The van der Waals surface area contributed by atoms with Crippen molar-refractivity contribution in [3.05, 3.63) is 101 Å². The van der Waals surface area contributed by atoms with Gasteiger partial charge in [-0.05, 0) is 54.0 Å². The van der Waals surface area contributed by atoms with Gasteiger partial charge in [-0.25, -0.2) is 0 Å². The number of hydrogen-bond acceptors (Lipinski definition) is 2. The average molecular weight is 436 g/mol. The molecule has 1 saturated heterocycles. The zero-order valence-corrected chi connectivity index (χ0v) is 18.7. The molecule has 5 heteroatoms. The highest BCUT2D eigenvalue weighted by Crippen LogP contribution is 2.29. The van der Waals surface area contributed by atoms with Crippen molar-refractivity contribution < 1.29 is 0 Å². The van der Waals surface area contributed by atoms with E-state index in [9.17, 15) is 0 Å². The molecule has 1 heterocycles. The molecule has 1 N–H and O–H groups in total. The molecule has 3 aromatic carbocycles. The van der Waals surface area contributed by atoms with Gasteiger partial charge in [-0.3, -0.25) is 4.90 Å². The minimum absolute atomic E-state index is 0.259. The van der Waals surface area contributed by atoms with E-state index in [0.717, 1.165) is 47.6 Å². The summed E-state index contributed by atoms with van der Waals surface area (Å²) in [5.41, 5.74) is 4.76. The quantitative estimate of drug-likeness (QED) is 0.525. The molecule has 0 saturated carbocycles. The second-order valence-electron chi connectivity index (χ2n) is 7.64. The van der Waals surface area contributed by atoms with E-state index in [1.54, 1.807) is 0 Å². The number of aryl methyl sites for hydroxylation is 1. The van der Waals surface area contributed by atoms with Crippen LogP contribution in [0.25, 0.3) is 0 Å². The molecule has 30 heavy (non-hydrogen) atoms. The molecule has 154 valence electrons. The lowest BCUT2D eigenvalue weighted by Gasteiger charge is -2.40. The van der Waals surface area contributed by atoms with Crippen LogP contribution in [0, 0.1) is 6.92 Å². The summed E-state index contributed by atoms with van der Waals surface area (Å²) in [6, 6.07) is 27.6. The van der Waals surface area contributed by atoms with E-state index in [-0.39, 0.29) is 6.04 Å². The molecule has 1 aliphatic rings. The number of halogens is 1. The maximum Gasteiger partial charge on any atom is 0.173 e. The Labute approximate surface area is 189 Å². The maximum atomic E-state index is 6.07. The van der Waals surface area contributed by atoms with Crippen molar-refractivity contribution in [3.8, 4) is 0 Å². The molecule has 3 nitrogen and oxygen atoms in total. The zero-order valence-electron chi connectivity index (χ0n) is 17.1. The summed E-state index contributed by atoms with van der Waals surface area (Å²) in [6.07, 6.45) is 0. The van der Waals surface area contributed by atoms with Gasteiger partial charge in [0.2, 0.25) is 0 Å². The van der Waals surface area contributed by atoms with Gasteiger partial charge in [-0.2, -0.15) is 0 Å². The Kier molecular flexibility index (Phi) is 6.68. The van der Waals surface area contributed by atoms with Crippen LogP contribution in [0.2, 0.25) is 5.02 Å². The normalized spacial score (nSPS) is 14.7. The molecule has 0 bridgehead atoms. The van der Waals surface area contributed by atoms with Crippen molar-refractivity contribution in [2.24, 2.45) is 0 Å². The number of nitrogens with one attached hydrogen (secondary N) is 1. The first-order valence-corrected chi connectivity index (χ1v) is 11.1. The van der Waals surface area contributed by atoms with Gasteiger partial charge in [0.05, 0.1) is 6.04 Å². The van der Waals surface area contributed by atoms with Gasteiger partial charge in [-0.15, -0.1) is 0 Å². The van der Waals surface area contributed by atoms with E-state index in [1.807, 2.05) is 25.1 Å². The first-order valence-electron chi connectivity index (χ1n) is 10.3. The van der Waals surface area contributed by atoms with Crippen molar-refractivity contribution in [3.63, 3.8) is 0 Å². The van der Waals surface area contributed by atoms with Gasteiger partial charge in [0.15, 0.2) is 5.11 Å². The van der Waals surface area contributed by atoms with E-state index in [1.165, 1.54) is 11.1 Å². The Morgan fingerprint density at radius 2 is 1.43 bits per heavy atom. The first kappa shape index (κ1) is 20.9. The van der Waals surface area contributed by atoms with Crippen molar-refractivity contribution in [2.45, 2.75) is 13.0 Å². The standard InChI is InChI=1S/C25H26ClN3S/c1-19-18-22(26)12-13-23(19)27-25(30)29-16-14-28(15-17-29)24(20-8-4-2-5-9-20)21-10-6-3-7-11-21/h2-13,18,24H,14-17H2,1H3,(H,27,30). The monoisotopic (exact) mass is 435 g/mol. The van der Waals surface area contributed by atoms with Gasteiger partial charge < -0.3 is 10.2 Å². The van der Waals surface area contributed by atoms with E-state index in [2.05, 4.69) is 75.8 Å². The second-order valence-corrected chi connectivity index (χ2v) is 8.46. The molecular weight excluding hydrogens is 410 g/mol. The summed E-state index contributed by atoms with van der Waals surface area (Å²) in [6.45, 7) is 5.74. The summed E-state index contributed by atoms with van der Waals surface area (Å²) in [5, 5.41) is 4.91. The largest absolute Gasteiger partial charge is 0.346 e. The van der Waals surface area contributed by atoms with Crippen LogP contribution < -0.4 is 5.32 Å². The number of nitrogens with zero attached hydrogens (tertiary/aromatic N) is 2. The number of hydrogen-bond donors (Lipinski definition) is 1. The Morgan fingerprint density at radius 3 is 1.97 bits per heavy atom. The lowest BCUT2D eigenvalue weighted by molar-refractivity contribution is 0.151. The Hall–Kier alpha value is -2.40. The molecule has 1 fully saturated rings. The molecule has 0 aliphatic carbocycles. The van der Waals surface area contributed by atoms with Crippen LogP contribution in [0.15, 0.2) is 78.9 Å². The number of rotatable bonds is 4. The van der Waals surface area contributed by atoms with E-state index in [4.69, 9.17) is 23.8 Å². The number of thiocarbonyl (C=S) groups is 1. The average Bonchev–Trinajstić information content (AvgIpc) is 2.78. The minimum atomic E-state index is 0.259. The van der Waals surface area contributed by atoms with Gasteiger partial charge >= 0.3 is 0 Å². The van der Waals surface area contributed by atoms with Crippen LogP contribution in [0.4, 0.5) is 5.69 Å². The third-order valence-electron chi connectivity index (χ3n) is 5.63. The van der Waals surface area contributed by atoms with Crippen LogP contribution in [-0.2, 0) is 0 Å². The Bertz CT molecular complexity index is 946. The van der Waals surface area contributed by atoms with Gasteiger partial charge in [0, 0.05) is 36.9 Å². The maximum absolute atomic E-state index is 6.07. The molecule has 3 aromatic rings. The van der Waals surface area contributed by atoms with E-state index in [0.29, 0.717) is 0 Å². The number of anilines is 1. The summed E-state index contributed by atoms with van der Waals surface area (Å²) in [7, 11) is 0. The van der Waals surface area contributed by atoms with Crippen molar-refractivity contribution >= 4 is 34.6 Å². The van der Waals surface area contributed by atoms with Crippen molar-refractivity contribution in [2.75, 3.05) is 31.5 Å². The highest BCUT2D eigenvalue weighted by atomic mass is 35.5. The first-order chi connectivity index (χ1) is 14.6. The summed E-state index contributed by atoms with van der Waals surface area (Å²) in [4.78, 5) is 4.81. The van der Waals surface area contributed by atoms with Crippen LogP contribution in [0.1, 0.15) is 22.7 Å². The summed E-state index contributed by atoms with van der Waals surface area (Å²) >= 11 is 11.8. The molecule has 0 spiro atoms. The second kappa shape index (κ2) is 9.61. The van der Waals surface area contributed by atoms with Crippen LogP contribution in [0.5, 0.6) is 0 Å². The summed E-state index contributed by atoms with van der Waals surface area (Å²) < 4.78 is 0. The molecule has 1 aliphatic heterocycles. The van der Waals surface area contributed by atoms with Gasteiger partial charge in [-0.1, -0.05) is 72.3 Å². The third-order valence-corrected chi connectivity index (χ3v) is 6.22. The smallest absolute Gasteiger partial charge is 0.173 e. The lowest BCUT2D eigenvalue weighted by Crippen LogP contribution is -2.51. The van der Waals surface area contributed by atoms with Gasteiger partial charge in [0.25, 0.3) is 0 Å². The molecular formula is C25H26ClN3S. The van der Waals surface area contributed by atoms with Gasteiger partial charge in [0.1, 0.15) is 0 Å². The van der Waals surface area contributed by atoms with Crippen LogP contribution >= 0.6 is 23.8 Å². The minimum Gasteiger partial charge on any atom is -0.346 e. The van der Waals surface area contributed by atoms with E-state index < -0.39 is 0 Å². The van der Waals surface area contributed by atoms with Crippen LogP contribution in [0.3, 0.4) is 0 Å². The van der Waals surface area contributed by atoms with Crippen LogP contribution in [-0.4, -0.2) is 41.1 Å². The molecule has 0 atom stereocenters. The number of piperazine rings is 1. The fourth-order valence-electron chi connectivity index (χ4n) is 4.03. The fraction of sp³-hybridized carbons (Fsp3) is 0.240. The van der Waals surface area contributed by atoms with Crippen molar-refractivity contribution in [1.29, 1.82) is 0 Å². The Balaban J connectivity index is 1.45. The SMILES string of the molecule is Cc1cc(Cl)ccc1NC(=S)N1CCN(C(c2ccccc2)c2ccccc2)CC1.